The van der Waals surface area contributed by atoms with Gasteiger partial charge in [0.1, 0.15) is 0 Å². The van der Waals surface area contributed by atoms with Gasteiger partial charge in [0.2, 0.25) is 0 Å². The number of hydrogen-bond acceptors (Lipinski definition) is 2. The van der Waals surface area contributed by atoms with Crippen LogP contribution in [0.5, 0.6) is 0 Å². The molecule has 2 N–H and O–H groups in total. The first-order valence-corrected chi connectivity index (χ1v) is 4.41. The van der Waals surface area contributed by atoms with Crippen molar-refractivity contribution >= 4 is 8.41 Å². The van der Waals surface area contributed by atoms with Gasteiger partial charge < -0.3 is 10.6 Å². The van der Waals surface area contributed by atoms with Crippen LogP contribution in [0.1, 0.15) is 25.7 Å². The van der Waals surface area contributed by atoms with Crippen LogP contribution in [-0.2, 0) is 0 Å². The first kappa shape index (κ1) is 14.4. The lowest BCUT2D eigenvalue weighted by Crippen LogP contribution is -2.03. The summed E-state index contributed by atoms with van der Waals surface area (Å²) < 4.78 is 0. The maximum atomic E-state index is 3.22. The number of halogens is 1. The molecule has 2 aliphatic heterocycles. The third-order valence-electron chi connectivity index (χ3n) is 1.91. The molecule has 2 fully saturated rings. The minimum absolute atomic E-state index is 0. The minimum Gasteiger partial charge on any atom is -0.317 e. The van der Waals surface area contributed by atoms with Crippen molar-refractivity contribution in [2.24, 2.45) is 0 Å². The van der Waals surface area contributed by atoms with Crippen molar-refractivity contribution in [2.45, 2.75) is 25.7 Å². The molecule has 0 amide bonds. The molecule has 2 heterocycles. The smallest absolute Gasteiger partial charge is 0 e. The van der Waals surface area contributed by atoms with Gasteiger partial charge >= 0.3 is 0 Å². The summed E-state index contributed by atoms with van der Waals surface area (Å²) in [7, 11) is 0. The molecule has 0 spiro atoms. The van der Waals surface area contributed by atoms with Gasteiger partial charge in [0.15, 0.2) is 0 Å². The third kappa shape index (κ3) is 8.02. The average molecular weight is 173 g/mol. The molecule has 0 saturated carbocycles. The van der Waals surface area contributed by atoms with Gasteiger partial charge in [-0.1, -0.05) is 0 Å². The molecule has 71 valence electrons. The lowest BCUT2D eigenvalue weighted by atomic mass is 10.4. The first-order valence-electron chi connectivity index (χ1n) is 4.41. The van der Waals surface area contributed by atoms with Gasteiger partial charge in [-0.15, -0.1) is 0 Å². The summed E-state index contributed by atoms with van der Waals surface area (Å²) in [5.74, 6) is 0. The van der Waals surface area contributed by atoms with E-state index in [1.165, 1.54) is 51.9 Å². The standard InChI is InChI=1S/2C4H9N.B.FH/c2*1-2-4-5-3-1;;/h2*5H,1-4H2;;1H. The van der Waals surface area contributed by atoms with E-state index in [1.54, 1.807) is 0 Å². The Labute approximate surface area is 76.4 Å². The second-order valence-corrected chi connectivity index (χ2v) is 2.91. The van der Waals surface area contributed by atoms with Gasteiger partial charge in [0.05, 0.1) is 0 Å². The van der Waals surface area contributed by atoms with Gasteiger partial charge in [0, 0.05) is 8.41 Å². The Morgan fingerprint density at radius 3 is 0.917 bits per heavy atom. The molecule has 3 radical (unpaired) electrons. The predicted molar refractivity (Wildman–Crippen MR) is 52.5 cm³/mol. The molecule has 4 heteroatoms. The van der Waals surface area contributed by atoms with E-state index in [4.69, 9.17) is 0 Å². The molecule has 0 aromatic heterocycles. The molecule has 0 bridgehead atoms. The average Bonchev–Trinajstić information content (AvgIpc) is 2.67. The summed E-state index contributed by atoms with van der Waals surface area (Å²) in [6.45, 7) is 5.00. The van der Waals surface area contributed by atoms with Gasteiger partial charge in [-0.2, -0.15) is 0 Å². The Morgan fingerprint density at radius 1 is 0.583 bits per heavy atom. The topological polar surface area (TPSA) is 24.1 Å². The minimum atomic E-state index is 0. The number of rotatable bonds is 0. The number of hydrogen-bond donors (Lipinski definition) is 2. The molecular weight excluding hydrogens is 154 g/mol. The van der Waals surface area contributed by atoms with Crippen LogP contribution in [0.15, 0.2) is 0 Å². The van der Waals surface area contributed by atoms with Gasteiger partial charge in [-0.3, -0.25) is 4.70 Å². The maximum absolute atomic E-state index is 3.22. The van der Waals surface area contributed by atoms with E-state index >= 15 is 0 Å². The van der Waals surface area contributed by atoms with E-state index in [-0.39, 0.29) is 13.1 Å². The molecule has 2 nitrogen and oxygen atoms in total. The SMILES string of the molecule is C1CCNC1.C1CCNC1.F.[B]. The van der Waals surface area contributed by atoms with E-state index in [0.717, 1.165) is 0 Å². The van der Waals surface area contributed by atoms with Crippen LogP contribution in [0, 0.1) is 0 Å². The highest BCUT2D eigenvalue weighted by Gasteiger charge is 1.93. The maximum Gasteiger partial charge on any atom is 0 e. The highest BCUT2D eigenvalue weighted by atomic mass is 19.0. The molecule has 2 saturated heterocycles. The molecule has 0 aliphatic carbocycles. The van der Waals surface area contributed by atoms with Gasteiger partial charge in [-0.25, -0.2) is 0 Å². The number of nitrogens with one attached hydrogen (secondary N) is 2. The van der Waals surface area contributed by atoms with E-state index in [9.17, 15) is 0 Å². The summed E-state index contributed by atoms with van der Waals surface area (Å²) >= 11 is 0. The fourth-order valence-electron chi connectivity index (χ4n) is 1.25. The van der Waals surface area contributed by atoms with Crippen LogP contribution < -0.4 is 10.6 Å². The highest BCUT2D eigenvalue weighted by Crippen LogP contribution is 1.90. The van der Waals surface area contributed by atoms with Crippen LogP contribution in [0.25, 0.3) is 0 Å². The Kier molecular flexibility index (Phi) is 13.1. The first-order chi connectivity index (χ1) is 5.00. The van der Waals surface area contributed by atoms with Crippen molar-refractivity contribution in [3.8, 4) is 0 Å². The Balaban J connectivity index is 0. The van der Waals surface area contributed by atoms with Gasteiger partial charge in [0.25, 0.3) is 0 Å². The van der Waals surface area contributed by atoms with Crippen molar-refractivity contribution in [2.75, 3.05) is 26.2 Å². The zero-order valence-electron chi connectivity index (χ0n) is 7.64. The summed E-state index contributed by atoms with van der Waals surface area (Å²) in [5.41, 5.74) is 0. The fourth-order valence-corrected chi connectivity index (χ4v) is 1.25. The molecular formula is C8H19BFN2. The molecule has 0 atom stereocenters. The zero-order chi connectivity index (χ0) is 7.07. The molecule has 12 heavy (non-hydrogen) atoms. The second kappa shape index (κ2) is 10.9. The van der Waals surface area contributed by atoms with E-state index in [1.807, 2.05) is 0 Å². The molecule has 0 aromatic rings. The van der Waals surface area contributed by atoms with Crippen molar-refractivity contribution in [1.82, 2.24) is 10.6 Å². The second-order valence-electron chi connectivity index (χ2n) is 2.91. The molecule has 2 rings (SSSR count). The quantitative estimate of drug-likeness (QED) is 0.521. The molecule has 0 aromatic carbocycles. The normalized spacial score (nSPS) is 20.0. The predicted octanol–water partition coefficient (Wildman–Crippen LogP) is 0.511. The Bertz CT molecular complexity index is 50.2. The van der Waals surface area contributed by atoms with E-state index < -0.39 is 0 Å². The lowest BCUT2D eigenvalue weighted by molar-refractivity contribution is 0.857. The molecule has 0 unspecified atom stereocenters. The summed E-state index contributed by atoms with van der Waals surface area (Å²) in [4.78, 5) is 0. The van der Waals surface area contributed by atoms with E-state index in [2.05, 4.69) is 10.6 Å². The van der Waals surface area contributed by atoms with Crippen LogP contribution >= 0.6 is 0 Å². The third-order valence-corrected chi connectivity index (χ3v) is 1.91. The Hall–Kier alpha value is -0.0851. The van der Waals surface area contributed by atoms with Gasteiger partial charge in [-0.05, 0) is 51.9 Å². The highest BCUT2D eigenvalue weighted by molar-refractivity contribution is 5.75. The zero-order valence-corrected chi connectivity index (χ0v) is 7.64. The van der Waals surface area contributed by atoms with Crippen LogP contribution in [0.2, 0.25) is 0 Å². The van der Waals surface area contributed by atoms with Crippen LogP contribution in [0.3, 0.4) is 0 Å². The largest absolute Gasteiger partial charge is 0.317 e. The monoisotopic (exact) mass is 173 g/mol. The lowest BCUT2D eigenvalue weighted by Gasteiger charge is -1.76. The van der Waals surface area contributed by atoms with Crippen molar-refractivity contribution in [1.29, 1.82) is 0 Å². The fraction of sp³-hybridized carbons (Fsp3) is 1.00. The van der Waals surface area contributed by atoms with Crippen molar-refractivity contribution < 1.29 is 4.70 Å². The van der Waals surface area contributed by atoms with Crippen molar-refractivity contribution in [3.63, 3.8) is 0 Å². The van der Waals surface area contributed by atoms with E-state index in [0.29, 0.717) is 0 Å². The molecule has 2 aliphatic rings. The van der Waals surface area contributed by atoms with Crippen LogP contribution in [0.4, 0.5) is 4.70 Å². The summed E-state index contributed by atoms with van der Waals surface area (Å²) in [6.07, 6.45) is 5.56. The van der Waals surface area contributed by atoms with Crippen molar-refractivity contribution in [3.05, 3.63) is 0 Å². The Morgan fingerprint density at radius 2 is 0.833 bits per heavy atom. The summed E-state index contributed by atoms with van der Waals surface area (Å²) in [5, 5.41) is 6.44. The van der Waals surface area contributed by atoms with Crippen LogP contribution in [-0.4, -0.2) is 34.6 Å². The summed E-state index contributed by atoms with van der Waals surface area (Å²) in [6, 6.07) is 0.